The summed E-state index contributed by atoms with van der Waals surface area (Å²) >= 11 is 0. The average Bonchev–Trinajstić information content (AvgIpc) is 3.26. The van der Waals surface area contributed by atoms with Gasteiger partial charge in [0, 0.05) is 11.5 Å². The number of carbonyl (C=O) groups excluding carboxylic acids is 1. The second-order valence-electron chi connectivity index (χ2n) is 4.96. The molecule has 1 saturated carbocycles. The van der Waals surface area contributed by atoms with Crippen LogP contribution in [0.15, 0.2) is 28.7 Å². The molecule has 0 bridgehead atoms. The quantitative estimate of drug-likeness (QED) is 0.789. The van der Waals surface area contributed by atoms with Crippen LogP contribution in [-0.2, 0) is 4.74 Å². The second kappa shape index (κ2) is 5.60. The van der Waals surface area contributed by atoms with Crippen molar-refractivity contribution < 1.29 is 18.7 Å². The Bertz CT molecular complexity index is 641. The van der Waals surface area contributed by atoms with Crippen molar-refractivity contribution in [1.29, 1.82) is 0 Å². The Morgan fingerprint density at radius 3 is 2.62 bits per heavy atom. The van der Waals surface area contributed by atoms with E-state index in [1.54, 1.807) is 14.0 Å². The maximum absolute atomic E-state index is 12.0. The smallest absolute Gasteiger partial charge is 0.376 e. The lowest BCUT2D eigenvalue weighted by atomic mass is 10.2. The number of aromatic nitrogens is 1. The number of methoxy groups -OCH3 is 1. The molecule has 0 amide bonds. The van der Waals surface area contributed by atoms with E-state index < -0.39 is 5.97 Å². The third-order valence-electron chi connectivity index (χ3n) is 3.42. The van der Waals surface area contributed by atoms with Gasteiger partial charge in [-0.15, -0.1) is 0 Å². The molecule has 0 atom stereocenters. The Balaban J connectivity index is 1.95. The number of oxazole rings is 1. The minimum Gasteiger partial charge on any atom is -0.497 e. The van der Waals surface area contributed by atoms with Crippen LogP contribution in [0.1, 0.15) is 41.9 Å². The van der Waals surface area contributed by atoms with Crippen LogP contribution < -0.4 is 4.74 Å². The summed E-state index contributed by atoms with van der Waals surface area (Å²) in [6.07, 6.45) is 2.09. The van der Waals surface area contributed by atoms with Gasteiger partial charge < -0.3 is 13.9 Å². The number of rotatable bonds is 5. The van der Waals surface area contributed by atoms with Crippen molar-refractivity contribution in [2.45, 2.75) is 25.7 Å². The van der Waals surface area contributed by atoms with Gasteiger partial charge in [-0.05, 0) is 44.0 Å². The van der Waals surface area contributed by atoms with Gasteiger partial charge in [0.15, 0.2) is 0 Å². The minimum absolute atomic E-state index is 0.241. The number of esters is 1. The van der Waals surface area contributed by atoms with E-state index in [9.17, 15) is 4.79 Å². The van der Waals surface area contributed by atoms with Gasteiger partial charge in [0.2, 0.25) is 11.7 Å². The van der Waals surface area contributed by atoms with Crippen LogP contribution in [-0.4, -0.2) is 24.7 Å². The van der Waals surface area contributed by atoms with E-state index in [-0.39, 0.29) is 5.76 Å². The largest absolute Gasteiger partial charge is 0.497 e. The molecule has 0 radical (unpaired) electrons. The maximum Gasteiger partial charge on any atom is 0.376 e. The second-order valence-corrected chi connectivity index (χ2v) is 4.96. The Morgan fingerprint density at radius 1 is 1.33 bits per heavy atom. The molecule has 1 aliphatic rings. The van der Waals surface area contributed by atoms with Gasteiger partial charge in [-0.25, -0.2) is 9.78 Å². The molecule has 1 aromatic heterocycles. The molecule has 0 unspecified atom stereocenters. The van der Waals surface area contributed by atoms with Gasteiger partial charge in [0.05, 0.1) is 19.4 Å². The zero-order valence-electron chi connectivity index (χ0n) is 12.1. The number of benzene rings is 1. The van der Waals surface area contributed by atoms with Crippen LogP contribution in [0.2, 0.25) is 0 Å². The minimum atomic E-state index is -0.438. The Hall–Kier alpha value is -2.30. The molecule has 0 saturated heterocycles. The fourth-order valence-electron chi connectivity index (χ4n) is 2.17. The van der Waals surface area contributed by atoms with Gasteiger partial charge in [-0.2, -0.15) is 0 Å². The maximum atomic E-state index is 12.0. The van der Waals surface area contributed by atoms with Crippen molar-refractivity contribution >= 4 is 5.97 Å². The van der Waals surface area contributed by atoms with Crippen molar-refractivity contribution in [1.82, 2.24) is 4.98 Å². The van der Waals surface area contributed by atoms with Crippen LogP contribution in [0, 0.1) is 0 Å². The predicted octanol–water partition coefficient (Wildman–Crippen LogP) is 3.40. The summed E-state index contributed by atoms with van der Waals surface area (Å²) in [5.41, 5.74) is 1.53. The third-order valence-corrected chi connectivity index (χ3v) is 3.42. The van der Waals surface area contributed by atoms with E-state index in [4.69, 9.17) is 13.9 Å². The molecule has 0 aliphatic heterocycles. The van der Waals surface area contributed by atoms with Crippen LogP contribution in [0.25, 0.3) is 11.5 Å². The first-order valence-electron chi connectivity index (χ1n) is 7.05. The average molecular weight is 287 g/mol. The number of carbonyl (C=O) groups is 1. The van der Waals surface area contributed by atoms with E-state index in [1.165, 1.54) is 0 Å². The molecule has 2 aromatic rings. The first kappa shape index (κ1) is 13.7. The zero-order chi connectivity index (χ0) is 14.8. The van der Waals surface area contributed by atoms with Crippen molar-refractivity contribution in [3.05, 3.63) is 35.7 Å². The molecule has 1 heterocycles. The third kappa shape index (κ3) is 2.77. The Morgan fingerprint density at radius 2 is 2.05 bits per heavy atom. The topological polar surface area (TPSA) is 61.6 Å². The summed E-state index contributed by atoms with van der Waals surface area (Å²) in [5.74, 6) is 1.33. The lowest BCUT2D eigenvalue weighted by Crippen LogP contribution is -2.05. The van der Waals surface area contributed by atoms with Crippen LogP contribution >= 0.6 is 0 Å². The lowest BCUT2D eigenvalue weighted by molar-refractivity contribution is 0.0489. The van der Waals surface area contributed by atoms with Gasteiger partial charge in [0.25, 0.3) is 0 Å². The first-order valence-corrected chi connectivity index (χ1v) is 7.05. The van der Waals surface area contributed by atoms with E-state index in [0.29, 0.717) is 18.4 Å². The van der Waals surface area contributed by atoms with Crippen molar-refractivity contribution in [2.75, 3.05) is 13.7 Å². The highest BCUT2D eigenvalue weighted by atomic mass is 16.5. The zero-order valence-corrected chi connectivity index (χ0v) is 12.1. The van der Waals surface area contributed by atoms with Gasteiger partial charge in [-0.3, -0.25) is 0 Å². The molecule has 5 heteroatoms. The van der Waals surface area contributed by atoms with Gasteiger partial charge in [-0.1, -0.05) is 0 Å². The molecule has 21 heavy (non-hydrogen) atoms. The number of hydrogen-bond donors (Lipinski definition) is 0. The van der Waals surface area contributed by atoms with Gasteiger partial charge in [0.1, 0.15) is 5.75 Å². The van der Waals surface area contributed by atoms with Crippen LogP contribution in [0.5, 0.6) is 5.75 Å². The molecular formula is C16H17NO4. The molecular weight excluding hydrogens is 270 g/mol. The molecule has 0 spiro atoms. The van der Waals surface area contributed by atoms with E-state index in [0.717, 1.165) is 29.8 Å². The number of ether oxygens (including phenoxy) is 2. The standard InChI is InChI=1S/C16H17NO4/c1-3-20-16(18)14-13(10-4-5-10)17-15(21-14)11-6-8-12(19-2)9-7-11/h6-10H,3-5H2,1-2H3. The summed E-state index contributed by atoms with van der Waals surface area (Å²) in [7, 11) is 1.62. The lowest BCUT2D eigenvalue weighted by Gasteiger charge is -2.00. The number of nitrogens with zero attached hydrogens (tertiary/aromatic N) is 1. The first-order chi connectivity index (χ1) is 10.2. The fraction of sp³-hybridized carbons (Fsp3) is 0.375. The molecule has 3 rings (SSSR count). The monoisotopic (exact) mass is 287 g/mol. The highest BCUT2D eigenvalue weighted by molar-refractivity contribution is 5.88. The van der Waals surface area contributed by atoms with Crippen LogP contribution in [0.3, 0.4) is 0 Å². The summed E-state index contributed by atoms with van der Waals surface area (Å²) in [5, 5.41) is 0. The van der Waals surface area contributed by atoms with Crippen LogP contribution in [0.4, 0.5) is 0 Å². The van der Waals surface area contributed by atoms with E-state index >= 15 is 0 Å². The Kier molecular flexibility index (Phi) is 3.64. The summed E-state index contributed by atoms with van der Waals surface area (Å²) in [6.45, 7) is 2.09. The van der Waals surface area contributed by atoms with Crippen molar-refractivity contribution in [2.24, 2.45) is 0 Å². The number of hydrogen-bond acceptors (Lipinski definition) is 5. The highest BCUT2D eigenvalue weighted by Crippen LogP contribution is 2.42. The van der Waals surface area contributed by atoms with Crippen molar-refractivity contribution in [3.8, 4) is 17.2 Å². The van der Waals surface area contributed by atoms with E-state index in [2.05, 4.69) is 4.98 Å². The SMILES string of the molecule is CCOC(=O)c1oc(-c2ccc(OC)cc2)nc1C1CC1. The molecule has 5 nitrogen and oxygen atoms in total. The van der Waals surface area contributed by atoms with Crippen molar-refractivity contribution in [3.63, 3.8) is 0 Å². The molecule has 1 aliphatic carbocycles. The van der Waals surface area contributed by atoms with Gasteiger partial charge >= 0.3 is 5.97 Å². The Labute approximate surface area is 122 Å². The summed E-state index contributed by atoms with van der Waals surface area (Å²) in [4.78, 5) is 16.5. The normalized spacial score (nSPS) is 14.0. The molecule has 1 fully saturated rings. The molecule has 0 N–H and O–H groups in total. The predicted molar refractivity (Wildman–Crippen MR) is 76.4 cm³/mol. The molecule has 110 valence electrons. The van der Waals surface area contributed by atoms with E-state index in [1.807, 2.05) is 24.3 Å². The molecule has 1 aromatic carbocycles. The highest BCUT2D eigenvalue weighted by Gasteiger charge is 2.34. The fourth-order valence-corrected chi connectivity index (χ4v) is 2.17. The summed E-state index contributed by atoms with van der Waals surface area (Å²) in [6, 6.07) is 7.38. The summed E-state index contributed by atoms with van der Waals surface area (Å²) < 4.78 is 15.8.